The largest absolute Gasteiger partial charge is 0.330 e. The Morgan fingerprint density at radius 2 is 2.38 bits per heavy atom. The average molecular weight is 255 g/mol. The molecule has 1 amide bonds. The van der Waals surface area contributed by atoms with Gasteiger partial charge in [0.25, 0.3) is 5.91 Å². The highest BCUT2D eigenvalue weighted by atomic mass is 32.1. The third kappa shape index (κ3) is 2.60. The van der Waals surface area contributed by atoms with Crippen LogP contribution < -0.4 is 11.1 Å². The minimum absolute atomic E-state index is 0.267. The van der Waals surface area contributed by atoms with Gasteiger partial charge in [-0.25, -0.2) is 4.98 Å². The molecular formula is C8H9N5OS2. The van der Waals surface area contributed by atoms with Crippen LogP contribution >= 0.6 is 22.7 Å². The van der Waals surface area contributed by atoms with Crippen LogP contribution in [0.2, 0.25) is 0 Å². The third-order valence-corrected chi connectivity index (χ3v) is 3.24. The molecule has 84 valence electrons. The van der Waals surface area contributed by atoms with Gasteiger partial charge in [0.2, 0.25) is 5.13 Å². The number of nitrogens with two attached hydrogens (primary N) is 1. The molecule has 2 rings (SSSR count). The van der Waals surface area contributed by atoms with E-state index in [1.54, 1.807) is 10.9 Å². The minimum atomic E-state index is -0.267. The maximum atomic E-state index is 11.7. The highest BCUT2D eigenvalue weighted by molar-refractivity contribution is 7.13. The van der Waals surface area contributed by atoms with Gasteiger partial charge in [0, 0.05) is 11.8 Å². The maximum Gasteiger partial charge on any atom is 0.276 e. The molecule has 2 aromatic rings. The molecule has 2 heterocycles. The smallest absolute Gasteiger partial charge is 0.276 e. The summed E-state index contributed by atoms with van der Waals surface area (Å²) in [6.07, 6.45) is 0.691. The zero-order chi connectivity index (χ0) is 11.4. The Bertz CT molecular complexity index is 466. The van der Waals surface area contributed by atoms with E-state index in [4.69, 9.17) is 5.73 Å². The molecule has 0 saturated carbocycles. The van der Waals surface area contributed by atoms with Crippen molar-refractivity contribution < 1.29 is 4.79 Å². The standard InChI is InChI=1S/C8H9N5OS2/c9-2-1-6-11-5(3-15-6)7(14)12-8-13-10-4-16-8/h3-4H,1-2,9H2,(H,12,13,14). The summed E-state index contributed by atoms with van der Waals surface area (Å²) in [7, 11) is 0. The average Bonchev–Trinajstić information content (AvgIpc) is 2.89. The first-order valence-electron chi connectivity index (χ1n) is 4.51. The lowest BCUT2D eigenvalue weighted by molar-refractivity contribution is 0.102. The number of nitrogens with zero attached hydrogens (tertiary/aromatic N) is 3. The summed E-state index contributed by atoms with van der Waals surface area (Å²) < 4.78 is 0. The first kappa shape index (κ1) is 11.1. The van der Waals surface area contributed by atoms with Crippen molar-refractivity contribution in [2.75, 3.05) is 11.9 Å². The van der Waals surface area contributed by atoms with Gasteiger partial charge >= 0.3 is 0 Å². The molecule has 8 heteroatoms. The maximum absolute atomic E-state index is 11.7. The van der Waals surface area contributed by atoms with Crippen molar-refractivity contribution in [3.05, 3.63) is 21.6 Å². The number of aromatic nitrogens is 3. The Kier molecular flexibility index (Phi) is 3.54. The minimum Gasteiger partial charge on any atom is -0.330 e. The van der Waals surface area contributed by atoms with Gasteiger partial charge in [-0.15, -0.1) is 21.5 Å². The van der Waals surface area contributed by atoms with Crippen LogP contribution in [0.1, 0.15) is 15.5 Å². The molecule has 0 atom stereocenters. The molecular weight excluding hydrogens is 246 g/mol. The number of hydrogen-bond acceptors (Lipinski definition) is 7. The summed E-state index contributed by atoms with van der Waals surface area (Å²) >= 11 is 2.69. The molecule has 0 spiro atoms. The van der Waals surface area contributed by atoms with Crippen molar-refractivity contribution in [2.45, 2.75) is 6.42 Å². The van der Waals surface area contributed by atoms with Gasteiger partial charge in [-0.2, -0.15) is 0 Å². The lowest BCUT2D eigenvalue weighted by atomic mass is 10.4. The molecule has 2 aromatic heterocycles. The summed E-state index contributed by atoms with van der Waals surface area (Å²) in [5.74, 6) is -0.267. The van der Waals surface area contributed by atoms with Crippen LogP contribution in [0.15, 0.2) is 10.9 Å². The molecule has 0 fully saturated rings. The molecule has 6 nitrogen and oxygen atoms in total. The fraction of sp³-hybridized carbons (Fsp3) is 0.250. The molecule has 0 saturated heterocycles. The Hall–Kier alpha value is -1.38. The van der Waals surface area contributed by atoms with Crippen LogP contribution in [0.5, 0.6) is 0 Å². The summed E-state index contributed by atoms with van der Waals surface area (Å²) in [6.45, 7) is 0.533. The normalized spacial score (nSPS) is 10.3. The van der Waals surface area contributed by atoms with E-state index in [2.05, 4.69) is 20.5 Å². The number of carbonyl (C=O) groups excluding carboxylic acids is 1. The third-order valence-electron chi connectivity index (χ3n) is 1.72. The van der Waals surface area contributed by atoms with Crippen molar-refractivity contribution in [1.29, 1.82) is 0 Å². The fourth-order valence-electron chi connectivity index (χ4n) is 1.04. The van der Waals surface area contributed by atoms with Crippen molar-refractivity contribution >= 4 is 33.7 Å². The summed E-state index contributed by atoms with van der Waals surface area (Å²) in [5.41, 5.74) is 7.35. The zero-order valence-corrected chi connectivity index (χ0v) is 9.85. The van der Waals surface area contributed by atoms with Crippen LogP contribution in [-0.4, -0.2) is 27.6 Å². The van der Waals surface area contributed by atoms with Crippen molar-refractivity contribution in [3.63, 3.8) is 0 Å². The second kappa shape index (κ2) is 5.10. The number of anilines is 1. The van der Waals surface area contributed by atoms with Crippen LogP contribution in [-0.2, 0) is 6.42 Å². The number of hydrogen-bond donors (Lipinski definition) is 2. The van der Waals surface area contributed by atoms with Crippen molar-refractivity contribution in [3.8, 4) is 0 Å². The molecule has 0 aliphatic heterocycles. The summed E-state index contributed by atoms with van der Waals surface area (Å²) in [6, 6.07) is 0. The van der Waals surface area contributed by atoms with Crippen molar-refractivity contribution in [2.24, 2.45) is 5.73 Å². The molecule has 3 N–H and O–H groups in total. The van der Waals surface area contributed by atoms with Crippen LogP contribution in [0.3, 0.4) is 0 Å². The number of nitrogens with one attached hydrogen (secondary N) is 1. The van der Waals surface area contributed by atoms with Gasteiger partial charge in [0.1, 0.15) is 11.2 Å². The molecule has 0 bridgehead atoms. The van der Waals surface area contributed by atoms with Crippen LogP contribution in [0.25, 0.3) is 0 Å². The number of amides is 1. The van der Waals surface area contributed by atoms with Crippen LogP contribution in [0.4, 0.5) is 5.13 Å². The molecule has 0 aliphatic carbocycles. The molecule has 0 unspecified atom stereocenters. The highest BCUT2D eigenvalue weighted by Crippen LogP contribution is 2.13. The molecule has 0 aromatic carbocycles. The Balaban J connectivity index is 2.03. The fourth-order valence-corrected chi connectivity index (χ4v) is 2.28. The van der Waals surface area contributed by atoms with Gasteiger partial charge in [-0.1, -0.05) is 11.3 Å². The Morgan fingerprint density at radius 3 is 3.06 bits per heavy atom. The van der Waals surface area contributed by atoms with E-state index >= 15 is 0 Å². The lowest BCUT2D eigenvalue weighted by Gasteiger charge is -1.95. The quantitative estimate of drug-likeness (QED) is 0.840. The first-order valence-corrected chi connectivity index (χ1v) is 6.27. The Labute approximate surface area is 99.5 Å². The summed E-state index contributed by atoms with van der Waals surface area (Å²) in [4.78, 5) is 15.8. The summed E-state index contributed by atoms with van der Waals surface area (Å²) in [5, 5.41) is 13.0. The van der Waals surface area contributed by atoms with E-state index < -0.39 is 0 Å². The van der Waals surface area contributed by atoms with E-state index in [0.717, 1.165) is 5.01 Å². The number of carbonyl (C=O) groups is 1. The predicted octanol–water partition coefficient (Wildman–Crippen LogP) is 0.748. The highest BCUT2D eigenvalue weighted by Gasteiger charge is 2.11. The zero-order valence-electron chi connectivity index (χ0n) is 8.21. The molecule has 0 aliphatic rings. The van der Waals surface area contributed by atoms with Gasteiger partial charge in [0.15, 0.2) is 0 Å². The molecule has 16 heavy (non-hydrogen) atoms. The van der Waals surface area contributed by atoms with E-state index in [1.807, 2.05) is 0 Å². The van der Waals surface area contributed by atoms with Crippen molar-refractivity contribution in [1.82, 2.24) is 15.2 Å². The van der Waals surface area contributed by atoms with E-state index in [9.17, 15) is 4.79 Å². The second-order valence-corrected chi connectivity index (χ2v) is 4.64. The second-order valence-electron chi connectivity index (χ2n) is 2.86. The topological polar surface area (TPSA) is 93.8 Å². The van der Waals surface area contributed by atoms with Gasteiger partial charge in [-0.05, 0) is 6.54 Å². The van der Waals surface area contributed by atoms with E-state index in [-0.39, 0.29) is 5.91 Å². The predicted molar refractivity (Wildman–Crippen MR) is 62.7 cm³/mol. The van der Waals surface area contributed by atoms with Crippen LogP contribution in [0, 0.1) is 0 Å². The molecule has 0 radical (unpaired) electrons. The lowest BCUT2D eigenvalue weighted by Crippen LogP contribution is -2.12. The van der Waals surface area contributed by atoms with E-state index in [1.165, 1.54) is 22.7 Å². The van der Waals surface area contributed by atoms with Gasteiger partial charge in [-0.3, -0.25) is 10.1 Å². The van der Waals surface area contributed by atoms with Gasteiger partial charge < -0.3 is 5.73 Å². The SMILES string of the molecule is NCCc1nc(C(=O)Nc2nncs2)cs1. The monoisotopic (exact) mass is 255 g/mol. The van der Waals surface area contributed by atoms with Gasteiger partial charge in [0.05, 0.1) is 5.01 Å². The first-order chi connectivity index (χ1) is 7.79. The number of thiazole rings is 1. The van der Waals surface area contributed by atoms with E-state index in [0.29, 0.717) is 23.8 Å². The number of rotatable bonds is 4. The Morgan fingerprint density at radius 1 is 1.50 bits per heavy atom.